The van der Waals surface area contributed by atoms with Crippen LogP contribution >= 0.6 is 0 Å². The molecular weight excluding hydrogens is 92.1 g/mol. The molecular formula is C5H6O2. The van der Waals surface area contributed by atoms with Crippen LogP contribution in [0.5, 0.6) is 0 Å². The van der Waals surface area contributed by atoms with Gasteiger partial charge in [0.25, 0.3) is 0 Å². The van der Waals surface area contributed by atoms with Crippen LogP contribution in [0.3, 0.4) is 0 Å². The number of ether oxygens (including phenoxy) is 1. The van der Waals surface area contributed by atoms with Crippen molar-refractivity contribution in [1.82, 2.24) is 0 Å². The molecule has 0 rings (SSSR count). The molecule has 0 saturated carbocycles. The molecule has 0 aliphatic rings. The van der Waals surface area contributed by atoms with Gasteiger partial charge in [-0.3, -0.25) is 0 Å². The van der Waals surface area contributed by atoms with E-state index in [1.807, 2.05) is 0 Å². The summed E-state index contributed by atoms with van der Waals surface area (Å²) in [6.45, 7) is 0. The fourth-order valence-electron chi connectivity index (χ4n) is 0.157. The van der Waals surface area contributed by atoms with Gasteiger partial charge in [-0.05, 0) is 6.08 Å². The summed E-state index contributed by atoms with van der Waals surface area (Å²) in [7, 11) is 1.51. The summed E-state index contributed by atoms with van der Waals surface area (Å²) in [6.07, 6.45) is 4.08. The zero-order chi connectivity index (χ0) is 5.54. The first-order valence-corrected chi connectivity index (χ1v) is 1.80. The van der Waals surface area contributed by atoms with Gasteiger partial charge in [-0.15, -0.1) is 0 Å². The largest absolute Gasteiger partial charge is 0.504 e. The highest BCUT2D eigenvalue weighted by atomic mass is 16.5. The minimum Gasteiger partial charge on any atom is -0.504 e. The third kappa shape index (κ3) is 4.99. The van der Waals surface area contributed by atoms with Gasteiger partial charge in [0.2, 0.25) is 0 Å². The summed E-state index contributed by atoms with van der Waals surface area (Å²) in [5.41, 5.74) is 0. The maximum absolute atomic E-state index is 9.39. The molecule has 0 spiro atoms. The van der Waals surface area contributed by atoms with Crippen molar-refractivity contribution in [2.75, 3.05) is 7.11 Å². The van der Waals surface area contributed by atoms with Crippen molar-refractivity contribution in [3.8, 4) is 0 Å². The smallest absolute Gasteiger partial charge is 0.124 e. The van der Waals surface area contributed by atoms with E-state index < -0.39 is 0 Å². The monoisotopic (exact) mass is 98.0 g/mol. The van der Waals surface area contributed by atoms with E-state index in [-0.39, 0.29) is 0 Å². The molecule has 38 valence electrons. The summed E-state index contributed by atoms with van der Waals surface area (Å²) >= 11 is 0. The van der Waals surface area contributed by atoms with Gasteiger partial charge >= 0.3 is 0 Å². The first-order valence-electron chi connectivity index (χ1n) is 1.80. The van der Waals surface area contributed by atoms with Crippen LogP contribution in [0.1, 0.15) is 0 Å². The zero-order valence-corrected chi connectivity index (χ0v) is 4.05. The van der Waals surface area contributed by atoms with Crippen LogP contribution in [0.25, 0.3) is 0 Å². The standard InChI is InChI=1S/C5H6O2/c1-7-5-3-2-4-6/h2-3,5H,1H3. The predicted octanol–water partition coefficient (Wildman–Crippen LogP) is 0.534. The second-order valence-corrected chi connectivity index (χ2v) is 0.849. The van der Waals surface area contributed by atoms with Gasteiger partial charge in [-0.25, -0.2) is 4.79 Å². The van der Waals surface area contributed by atoms with Gasteiger partial charge in [0.15, 0.2) is 0 Å². The zero-order valence-electron chi connectivity index (χ0n) is 4.05. The van der Waals surface area contributed by atoms with Crippen LogP contribution in [0.15, 0.2) is 18.4 Å². The lowest BCUT2D eigenvalue weighted by molar-refractivity contribution is 0.338. The number of methoxy groups -OCH3 is 1. The van der Waals surface area contributed by atoms with Gasteiger partial charge < -0.3 is 4.74 Å². The van der Waals surface area contributed by atoms with Crippen LogP contribution in [-0.2, 0) is 9.53 Å². The molecule has 0 atom stereocenters. The fourth-order valence-corrected chi connectivity index (χ4v) is 0.157. The van der Waals surface area contributed by atoms with Crippen molar-refractivity contribution in [3.05, 3.63) is 18.4 Å². The highest BCUT2D eigenvalue weighted by Gasteiger charge is 1.56. The van der Waals surface area contributed by atoms with E-state index in [1.165, 1.54) is 25.5 Å². The van der Waals surface area contributed by atoms with Gasteiger partial charge in [0.1, 0.15) is 5.94 Å². The molecule has 0 N–H and O–H groups in total. The van der Waals surface area contributed by atoms with Crippen LogP contribution in [0, 0.1) is 0 Å². The molecule has 0 fully saturated rings. The van der Waals surface area contributed by atoms with E-state index in [9.17, 15) is 4.79 Å². The normalized spacial score (nSPS) is 8.14. The number of hydrogen-bond donors (Lipinski definition) is 0. The Bertz CT molecular complexity index is 98.6. The SMILES string of the molecule is COC=CC=C=O. The Balaban J connectivity index is 3.27. The second kappa shape index (κ2) is 4.99. The van der Waals surface area contributed by atoms with E-state index >= 15 is 0 Å². The number of carbonyl (C=O) groups excluding carboxylic acids is 1. The highest BCUT2D eigenvalue weighted by molar-refractivity contribution is 5.48. The number of allylic oxidation sites excluding steroid dienone is 2. The molecule has 0 aromatic rings. The molecule has 0 bridgehead atoms. The van der Waals surface area contributed by atoms with E-state index in [4.69, 9.17) is 0 Å². The van der Waals surface area contributed by atoms with Crippen molar-refractivity contribution in [2.24, 2.45) is 0 Å². The summed E-state index contributed by atoms with van der Waals surface area (Å²) in [5.74, 6) is 1.56. The van der Waals surface area contributed by atoms with Crippen molar-refractivity contribution >= 4 is 5.94 Å². The molecule has 0 heterocycles. The molecule has 0 amide bonds. The van der Waals surface area contributed by atoms with Crippen LogP contribution in [-0.4, -0.2) is 13.1 Å². The van der Waals surface area contributed by atoms with Crippen molar-refractivity contribution in [3.63, 3.8) is 0 Å². The minimum atomic E-state index is 1.23. The molecule has 7 heavy (non-hydrogen) atoms. The fraction of sp³-hybridized carbons (Fsp3) is 0.200. The Labute approximate surface area is 42.1 Å². The van der Waals surface area contributed by atoms with Crippen LogP contribution < -0.4 is 0 Å². The highest BCUT2D eigenvalue weighted by Crippen LogP contribution is 1.68. The van der Waals surface area contributed by atoms with Crippen molar-refractivity contribution < 1.29 is 9.53 Å². The number of hydrogen-bond acceptors (Lipinski definition) is 2. The van der Waals surface area contributed by atoms with Gasteiger partial charge in [0.05, 0.1) is 13.4 Å². The lowest BCUT2D eigenvalue weighted by atomic mass is 10.6. The average Bonchev–Trinajstić information content (AvgIpc) is 1.69. The Hall–Kier alpha value is -1.01. The van der Waals surface area contributed by atoms with E-state index in [0.29, 0.717) is 0 Å². The summed E-state index contributed by atoms with van der Waals surface area (Å²) in [6, 6.07) is 0. The third-order valence-corrected chi connectivity index (χ3v) is 0.379. The van der Waals surface area contributed by atoms with E-state index in [1.54, 1.807) is 5.94 Å². The molecule has 2 heteroatoms. The topological polar surface area (TPSA) is 26.3 Å². The van der Waals surface area contributed by atoms with Gasteiger partial charge in [-0.2, -0.15) is 0 Å². The molecule has 0 saturated heterocycles. The Morgan fingerprint density at radius 3 is 2.86 bits per heavy atom. The maximum atomic E-state index is 9.39. The van der Waals surface area contributed by atoms with Gasteiger partial charge in [-0.1, -0.05) is 0 Å². The quantitative estimate of drug-likeness (QED) is 0.286. The van der Waals surface area contributed by atoms with E-state index in [2.05, 4.69) is 4.74 Å². The number of rotatable bonds is 2. The third-order valence-electron chi connectivity index (χ3n) is 0.379. The van der Waals surface area contributed by atoms with Crippen LogP contribution in [0.4, 0.5) is 0 Å². The van der Waals surface area contributed by atoms with Gasteiger partial charge in [0, 0.05) is 6.08 Å². The van der Waals surface area contributed by atoms with E-state index in [0.717, 1.165) is 0 Å². The minimum absolute atomic E-state index is 1.23. The lowest BCUT2D eigenvalue weighted by Crippen LogP contribution is -1.60. The van der Waals surface area contributed by atoms with Crippen molar-refractivity contribution in [1.29, 1.82) is 0 Å². The van der Waals surface area contributed by atoms with Crippen LogP contribution in [0.2, 0.25) is 0 Å². The molecule has 0 unspecified atom stereocenters. The maximum Gasteiger partial charge on any atom is 0.124 e. The predicted molar refractivity (Wildman–Crippen MR) is 26.4 cm³/mol. The molecule has 0 aliphatic carbocycles. The molecule has 0 aliphatic heterocycles. The lowest BCUT2D eigenvalue weighted by Gasteiger charge is -1.77. The molecule has 0 aromatic carbocycles. The molecule has 2 nitrogen and oxygen atoms in total. The van der Waals surface area contributed by atoms with Crippen molar-refractivity contribution in [2.45, 2.75) is 0 Å². The Morgan fingerprint density at radius 2 is 2.43 bits per heavy atom. The average molecular weight is 98.1 g/mol. The molecule has 0 aromatic heterocycles. The Morgan fingerprint density at radius 1 is 1.71 bits per heavy atom. The summed E-state index contributed by atoms with van der Waals surface area (Å²) in [5, 5.41) is 0. The molecule has 0 radical (unpaired) electrons. The Kier molecular flexibility index (Phi) is 4.27. The summed E-state index contributed by atoms with van der Waals surface area (Å²) in [4.78, 5) is 9.39. The second-order valence-electron chi connectivity index (χ2n) is 0.849. The summed E-state index contributed by atoms with van der Waals surface area (Å²) < 4.78 is 4.45. The first kappa shape index (κ1) is 5.99. The first-order chi connectivity index (χ1) is 3.41.